The molecule has 2 rings (SSSR count). The van der Waals surface area contributed by atoms with Gasteiger partial charge in [-0.05, 0) is 57.0 Å². The van der Waals surface area contributed by atoms with Gasteiger partial charge in [0.2, 0.25) is 0 Å². The fourth-order valence-electron chi connectivity index (χ4n) is 2.19. The van der Waals surface area contributed by atoms with Crippen molar-refractivity contribution < 1.29 is 14.3 Å². The Bertz CT molecular complexity index is 699. The number of carbonyl (C=O) groups is 1. The van der Waals surface area contributed by atoms with Gasteiger partial charge in [-0.15, -0.1) is 0 Å². The zero-order valence-corrected chi connectivity index (χ0v) is 15.4. The van der Waals surface area contributed by atoms with E-state index in [-0.39, 0.29) is 18.1 Å². The smallest absolute Gasteiger partial charge is 0.255 e. The maximum Gasteiger partial charge on any atom is 0.255 e. The van der Waals surface area contributed by atoms with E-state index in [2.05, 4.69) is 19.2 Å². The standard InChI is InChI=1S/C21H27NO3/c1-5-15(3)24-19-11-7-9-17(13-19)21(23)22-18-10-8-12-20(14-18)25-16(4)6-2/h7-16H,5-6H2,1-4H3,(H,22,23). The first-order valence-corrected chi connectivity index (χ1v) is 8.86. The van der Waals surface area contributed by atoms with Crippen molar-refractivity contribution in [3.05, 3.63) is 54.1 Å². The highest BCUT2D eigenvalue weighted by molar-refractivity contribution is 6.04. The lowest BCUT2D eigenvalue weighted by molar-refractivity contribution is 0.102. The molecule has 0 aliphatic carbocycles. The summed E-state index contributed by atoms with van der Waals surface area (Å²) in [6.07, 6.45) is 2.10. The molecule has 1 amide bonds. The number of anilines is 1. The van der Waals surface area contributed by atoms with Crippen molar-refractivity contribution in [2.24, 2.45) is 0 Å². The van der Waals surface area contributed by atoms with Gasteiger partial charge < -0.3 is 14.8 Å². The van der Waals surface area contributed by atoms with Crippen molar-refractivity contribution in [2.75, 3.05) is 5.32 Å². The summed E-state index contributed by atoms with van der Waals surface area (Å²) in [4.78, 5) is 12.5. The molecule has 2 aromatic rings. The second kappa shape index (κ2) is 9.11. The highest BCUT2D eigenvalue weighted by Gasteiger charge is 2.10. The predicted molar refractivity (Wildman–Crippen MR) is 102 cm³/mol. The van der Waals surface area contributed by atoms with E-state index in [0.29, 0.717) is 17.0 Å². The summed E-state index contributed by atoms with van der Waals surface area (Å²) in [5.41, 5.74) is 1.27. The van der Waals surface area contributed by atoms with Crippen molar-refractivity contribution in [1.29, 1.82) is 0 Å². The molecule has 0 fully saturated rings. The molecule has 1 N–H and O–H groups in total. The summed E-state index contributed by atoms with van der Waals surface area (Å²) < 4.78 is 11.6. The summed E-state index contributed by atoms with van der Waals surface area (Å²) in [5, 5.41) is 2.91. The molecular formula is C21H27NO3. The van der Waals surface area contributed by atoms with E-state index in [9.17, 15) is 4.79 Å². The Hall–Kier alpha value is -2.49. The SMILES string of the molecule is CCC(C)Oc1cccc(NC(=O)c2cccc(OC(C)CC)c2)c1. The second-order valence-corrected chi connectivity index (χ2v) is 6.18. The minimum absolute atomic E-state index is 0.118. The molecule has 0 heterocycles. The first-order valence-electron chi connectivity index (χ1n) is 8.86. The van der Waals surface area contributed by atoms with Crippen LogP contribution in [0.4, 0.5) is 5.69 Å². The predicted octanol–water partition coefficient (Wildman–Crippen LogP) is 5.29. The van der Waals surface area contributed by atoms with Crippen molar-refractivity contribution in [2.45, 2.75) is 52.7 Å². The summed E-state index contributed by atoms with van der Waals surface area (Å²) >= 11 is 0. The molecule has 0 aliphatic rings. The van der Waals surface area contributed by atoms with Crippen LogP contribution in [-0.4, -0.2) is 18.1 Å². The Balaban J connectivity index is 2.07. The number of ether oxygens (including phenoxy) is 2. The van der Waals surface area contributed by atoms with E-state index in [0.717, 1.165) is 18.6 Å². The molecule has 0 saturated carbocycles. The maximum absolute atomic E-state index is 12.5. The van der Waals surface area contributed by atoms with Crippen LogP contribution in [0.25, 0.3) is 0 Å². The molecule has 2 unspecified atom stereocenters. The number of amides is 1. The Labute approximate surface area is 150 Å². The Morgan fingerprint density at radius 3 is 2.08 bits per heavy atom. The van der Waals surface area contributed by atoms with Crippen molar-refractivity contribution in [3.63, 3.8) is 0 Å². The van der Waals surface area contributed by atoms with Gasteiger partial charge >= 0.3 is 0 Å². The van der Waals surface area contributed by atoms with Crippen LogP contribution in [0.1, 0.15) is 50.9 Å². The summed E-state index contributed by atoms with van der Waals surface area (Å²) in [5.74, 6) is 1.28. The van der Waals surface area contributed by atoms with Crippen LogP contribution in [0.3, 0.4) is 0 Å². The molecule has 134 valence electrons. The maximum atomic E-state index is 12.5. The third-order valence-electron chi connectivity index (χ3n) is 4.01. The van der Waals surface area contributed by atoms with Gasteiger partial charge in [0, 0.05) is 17.3 Å². The van der Waals surface area contributed by atoms with Crippen molar-refractivity contribution in [1.82, 2.24) is 0 Å². The normalized spacial score (nSPS) is 13.0. The quantitative estimate of drug-likeness (QED) is 0.709. The molecule has 4 nitrogen and oxygen atoms in total. The van der Waals surface area contributed by atoms with Gasteiger partial charge in [-0.25, -0.2) is 0 Å². The minimum atomic E-state index is -0.171. The number of carbonyl (C=O) groups excluding carboxylic acids is 1. The average Bonchev–Trinajstić information content (AvgIpc) is 2.62. The lowest BCUT2D eigenvalue weighted by Crippen LogP contribution is -2.14. The zero-order valence-electron chi connectivity index (χ0n) is 15.4. The second-order valence-electron chi connectivity index (χ2n) is 6.18. The van der Waals surface area contributed by atoms with E-state index in [4.69, 9.17) is 9.47 Å². The first-order chi connectivity index (χ1) is 12.0. The van der Waals surface area contributed by atoms with Gasteiger partial charge in [0.25, 0.3) is 5.91 Å². The van der Waals surface area contributed by atoms with Crippen molar-refractivity contribution in [3.8, 4) is 11.5 Å². The lowest BCUT2D eigenvalue weighted by Gasteiger charge is -2.14. The van der Waals surface area contributed by atoms with E-state index in [1.54, 1.807) is 12.1 Å². The monoisotopic (exact) mass is 341 g/mol. The van der Waals surface area contributed by atoms with Crippen LogP contribution in [0, 0.1) is 0 Å². The molecule has 0 saturated heterocycles. The fourth-order valence-corrected chi connectivity index (χ4v) is 2.19. The van der Waals surface area contributed by atoms with Gasteiger partial charge in [0.05, 0.1) is 12.2 Å². The molecule has 0 aliphatic heterocycles. The molecule has 0 bridgehead atoms. The molecule has 2 atom stereocenters. The van der Waals surface area contributed by atoms with Gasteiger partial charge in [-0.3, -0.25) is 4.79 Å². The molecule has 0 aromatic heterocycles. The largest absolute Gasteiger partial charge is 0.491 e. The van der Waals surface area contributed by atoms with Crippen LogP contribution < -0.4 is 14.8 Å². The fraction of sp³-hybridized carbons (Fsp3) is 0.381. The summed E-state index contributed by atoms with van der Waals surface area (Å²) in [6, 6.07) is 14.7. The van der Waals surface area contributed by atoms with E-state index in [1.165, 1.54) is 0 Å². The van der Waals surface area contributed by atoms with Crippen LogP contribution in [-0.2, 0) is 0 Å². The zero-order chi connectivity index (χ0) is 18.2. The van der Waals surface area contributed by atoms with E-state index >= 15 is 0 Å². The summed E-state index contributed by atoms with van der Waals surface area (Å²) in [7, 11) is 0. The molecule has 25 heavy (non-hydrogen) atoms. The summed E-state index contributed by atoms with van der Waals surface area (Å²) in [6.45, 7) is 8.17. The van der Waals surface area contributed by atoms with Crippen LogP contribution >= 0.6 is 0 Å². The Kier molecular flexibility index (Phi) is 6.87. The number of rotatable bonds is 8. The molecule has 2 aromatic carbocycles. The molecule has 0 spiro atoms. The van der Waals surface area contributed by atoms with E-state index < -0.39 is 0 Å². The molecular weight excluding hydrogens is 314 g/mol. The molecule has 0 radical (unpaired) electrons. The highest BCUT2D eigenvalue weighted by Crippen LogP contribution is 2.21. The minimum Gasteiger partial charge on any atom is -0.491 e. The first kappa shape index (κ1) is 18.8. The van der Waals surface area contributed by atoms with Gasteiger partial charge in [-0.1, -0.05) is 26.0 Å². The van der Waals surface area contributed by atoms with Gasteiger partial charge in [0.1, 0.15) is 11.5 Å². The highest BCUT2D eigenvalue weighted by atomic mass is 16.5. The number of nitrogens with one attached hydrogen (secondary N) is 1. The Morgan fingerprint density at radius 1 is 0.920 bits per heavy atom. The van der Waals surface area contributed by atoms with Gasteiger partial charge in [-0.2, -0.15) is 0 Å². The van der Waals surface area contributed by atoms with Crippen molar-refractivity contribution >= 4 is 11.6 Å². The lowest BCUT2D eigenvalue weighted by atomic mass is 10.2. The van der Waals surface area contributed by atoms with E-state index in [1.807, 2.05) is 50.2 Å². The molecule has 4 heteroatoms. The van der Waals surface area contributed by atoms with Crippen LogP contribution in [0.15, 0.2) is 48.5 Å². The third kappa shape index (κ3) is 5.82. The average molecular weight is 341 g/mol. The van der Waals surface area contributed by atoms with Crippen LogP contribution in [0.5, 0.6) is 11.5 Å². The topological polar surface area (TPSA) is 47.6 Å². The third-order valence-corrected chi connectivity index (χ3v) is 4.01. The Morgan fingerprint density at radius 2 is 1.48 bits per heavy atom. The van der Waals surface area contributed by atoms with Gasteiger partial charge in [0.15, 0.2) is 0 Å². The number of benzene rings is 2. The number of hydrogen-bond donors (Lipinski definition) is 1. The van der Waals surface area contributed by atoms with Crippen LogP contribution in [0.2, 0.25) is 0 Å². The number of hydrogen-bond acceptors (Lipinski definition) is 3.